The van der Waals surface area contributed by atoms with Crippen molar-refractivity contribution in [1.82, 2.24) is 10.3 Å². The molecule has 2 aromatic carbocycles. The number of hydrogen-bond acceptors (Lipinski definition) is 4. The quantitative estimate of drug-likeness (QED) is 0.232. The number of aromatic nitrogens is 1. The van der Waals surface area contributed by atoms with Gasteiger partial charge in [0, 0.05) is 43.1 Å². The molecule has 5 rings (SSSR count). The summed E-state index contributed by atoms with van der Waals surface area (Å²) in [6.45, 7) is 4.55. The molecular weight excluding hydrogens is 549 g/mol. The summed E-state index contributed by atoms with van der Waals surface area (Å²) in [6.07, 6.45) is 7.49. The van der Waals surface area contributed by atoms with Crippen molar-refractivity contribution >= 4 is 17.4 Å². The Bertz CT molecular complexity index is 1340. The third-order valence-corrected chi connectivity index (χ3v) is 8.99. The highest BCUT2D eigenvalue weighted by atomic mass is 19.4. The van der Waals surface area contributed by atoms with Gasteiger partial charge in [0.05, 0.1) is 5.56 Å². The van der Waals surface area contributed by atoms with Crippen molar-refractivity contribution in [3.63, 3.8) is 0 Å². The molecule has 8 heteroatoms. The molecular formula is C35H43F3N4O. The van der Waals surface area contributed by atoms with E-state index in [0.29, 0.717) is 30.0 Å². The van der Waals surface area contributed by atoms with Gasteiger partial charge in [0.15, 0.2) is 0 Å². The number of carbonyl (C=O) groups excluding carboxylic acids is 1. The first kappa shape index (κ1) is 30.9. The number of nitrogens with zero attached hydrogens (tertiary/aromatic N) is 2. The van der Waals surface area contributed by atoms with Crippen molar-refractivity contribution in [2.24, 2.45) is 11.8 Å². The van der Waals surface area contributed by atoms with E-state index in [1.54, 1.807) is 12.1 Å². The molecule has 2 heterocycles. The summed E-state index contributed by atoms with van der Waals surface area (Å²) in [6, 6.07) is 17.7. The second kappa shape index (κ2) is 14.3. The number of carbonyl (C=O) groups is 1. The van der Waals surface area contributed by atoms with E-state index in [4.69, 9.17) is 0 Å². The Hall–Kier alpha value is -3.55. The molecule has 3 atom stereocenters. The number of benzene rings is 2. The van der Waals surface area contributed by atoms with Crippen LogP contribution in [0.3, 0.4) is 0 Å². The SMILES string of the molecule is CCCCNC(=O)c1cccc(-c2ccnc(N[C@@H]3CCCC[C@H]3C[C@H]3CCCN(c4ccc(C(F)(F)F)cc4)C3)c2)c1. The van der Waals surface area contributed by atoms with Gasteiger partial charge in [-0.15, -0.1) is 0 Å². The summed E-state index contributed by atoms with van der Waals surface area (Å²) in [7, 11) is 0. The van der Waals surface area contributed by atoms with Crippen LogP contribution in [0.4, 0.5) is 24.7 Å². The van der Waals surface area contributed by atoms with Crippen LogP contribution >= 0.6 is 0 Å². The molecule has 1 saturated heterocycles. The monoisotopic (exact) mass is 592 g/mol. The molecule has 2 aliphatic rings. The maximum Gasteiger partial charge on any atom is 0.416 e. The number of alkyl halides is 3. The molecule has 1 aliphatic carbocycles. The summed E-state index contributed by atoms with van der Waals surface area (Å²) in [5.74, 6) is 1.83. The van der Waals surface area contributed by atoms with Crippen LogP contribution in [0.5, 0.6) is 0 Å². The van der Waals surface area contributed by atoms with E-state index >= 15 is 0 Å². The van der Waals surface area contributed by atoms with Crippen molar-refractivity contribution < 1.29 is 18.0 Å². The molecule has 43 heavy (non-hydrogen) atoms. The van der Waals surface area contributed by atoms with Gasteiger partial charge < -0.3 is 15.5 Å². The molecule has 2 N–H and O–H groups in total. The molecule has 230 valence electrons. The molecule has 1 saturated carbocycles. The zero-order valence-corrected chi connectivity index (χ0v) is 25.0. The van der Waals surface area contributed by atoms with Gasteiger partial charge in [-0.05, 0) is 110 Å². The van der Waals surface area contributed by atoms with Crippen LogP contribution in [0.1, 0.15) is 80.6 Å². The Kier molecular flexibility index (Phi) is 10.3. The van der Waals surface area contributed by atoms with E-state index in [0.717, 1.165) is 74.2 Å². The number of nitrogens with one attached hydrogen (secondary N) is 2. The Morgan fingerprint density at radius 1 is 0.977 bits per heavy atom. The van der Waals surface area contributed by atoms with Crippen LogP contribution in [0.2, 0.25) is 0 Å². The number of hydrogen-bond donors (Lipinski definition) is 2. The lowest BCUT2D eigenvalue weighted by molar-refractivity contribution is -0.137. The maximum absolute atomic E-state index is 13.0. The Balaban J connectivity index is 1.22. The van der Waals surface area contributed by atoms with Crippen molar-refractivity contribution in [3.8, 4) is 11.1 Å². The Labute approximate surface area is 253 Å². The molecule has 2 fully saturated rings. The van der Waals surface area contributed by atoms with Crippen molar-refractivity contribution in [2.45, 2.75) is 76.9 Å². The predicted molar refractivity (Wildman–Crippen MR) is 167 cm³/mol. The van der Waals surface area contributed by atoms with Gasteiger partial charge in [-0.1, -0.05) is 38.3 Å². The van der Waals surface area contributed by atoms with E-state index in [9.17, 15) is 18.0 Å². The lowest BCUT2D eigenvalue weighted by Crippen LogP contribution is -2.39. The molecule has 1 amide bonds. The summed E-state index contributed by atoms with van der Waals surface area (Å²) >= 11 is 0. The van der Waals surface area contributed by atoms with Crippen LogP contribution < -0.4 is 15.5 Å². The fourth-order valence-corrected chi connectivity index (χ4v) is 6.66. The largest absolute Gasteiger partial charge is 0.416 e. The zero-order chi connectivity index (χ0) is 30.2. The molecule has 0 unspecified atom stereocenters. The molecule has 1 aromatic heterocycles. The number of anilines is 2. The van der Waals surface area contributed by atoms with E-state index in [1.807, 2.05) is 36.5 Å². The molecule has 0 spiro atoms. The summed E-state index contributed by atoms with van der Waals surface area (Å²) in [5.41, 5.74) is 2.94. The lowest BCUT2D eigenvalue weighted by atomic mass is 9.77. The van der Waals surface area contributed by atoms with Crippen LogP contribution in [-0.4, -0.2) is 36.6 Å². The Morgan fingerprint density at radius 2 is 1.77 bits per heavy atom. The number of amides is 1. The van der Waals surface area contributed by atoms with Gasteiger partial charge in [-0.2, -0.15) is 13.2 Å². The van der Waals surface area contributed by atoms with Crippen molar-refractivity contribution in [2.75, 3.05) is 29.9 Å². The minimum atomic E-state index is -4.31. The number of halogens is 3. The van der Waals surface area contributed by atoms with Crippen LogP contribution in [-0.2, 0) is 6.18 Å². The van der Waals surface area contributed by atoms with Crippen LogP contribution in [0.25, 0.3) is 11.1 Å². The minimum Gasteiger partial charge on any atom is -0.371 e. The van der Waals surface area contributed by atoms with Gasteiger partial charge in [0.2, 0.25) is 0 Å². The fraction of sp³-hybridized carbons (Fsp3) is 0.486. The smallest absolute Gasteiger partial charge is 0.371 e. The molecule has 1 aliphatic heterocycles. The first-order valence-electron chi connectivity index (χ1n) is 15.8. The van der Waals surface area contributed by atoms with Crippen molar-refractivity contribution in [3.05, 3.63) is 78.0 Å². The summed E-state index contributed by atoms with van der Waals surface area (Å²) < 4.78 is 39.1. The van der Waals surface area contributed by atoms with Crippen LogP contribution in [0.15, 0.2) is 66.9 Å². The first-order chi connectivity index (χ1) is 20.8. The molecule has 0 bridgehead atoms. The highest BCUT2D eigenvalue weighted by molar-refractivity contribution is 5.95. The number of piperidine rings is 1. The number of rotatable bonds is 10. The third kappa shape index (κ3) is 8.30. The molecule has 0 radical (unpaired) electrons. The van der Waals surface area contributed by atoms with Crippen molar-refractivity contribution in [1.29, 1.82) is 0 Å². The van der Waals surface area contributed by atoms with Gasteiger partial charge in [0.1, 0.15) is 5.82 Å². The minimum absolute atomic E-state index is 0.0487. The Morgan fingerprint density at radius 3 is 2.56 bits per heavy atom. The third-order valence-electron chi connectivity index (χ3n) is 8.99. The number of unbranched alkanes of at least 4 members (excludes halogenated alkanes) is 1. The highest BCUT2D eigenvalue weighted by Gasteiger charge is 2.32. The van der Waals surface area contributed by atoms with Crippen LogP contribution in [0, 0.1) is 11.8 Å². The average molecular weight is 593 g/mol. The van der Waals surface area contributed by atoms with E-state index < -0.39 is 11.7 Å². The average Bonchev–Trinajstić information content (AvgIpc) is 3.02. The molecule has 5 nitrogen and oxygen atoms in total. The van der Waals surface area contributed by atoms with Gasteiger partial charge in [-0.3, -0.25) is 4.79 Å². The summed E-state index contributed by atoms with van der Waals surface area (Å²) in [5, 5.41) is 6.75. The molecule has 3 aromatic rings. The maximum atomic E-state index is 13.0. The van der Waals surface area contributed by atoms with Gasteiger partial charge >= 0.3 is 6.18 Å². The predicted octanol–water partition coefficient (Wildman–Crippen LogP) is 8.57. The standard InChI is InChI=1S/C35H43F3N4O/c1-2-3-18-40-34(43)29-11-6-10-26(22-29)27-17-19-39-33(23-27)41-32-12-5-4-9-28(32)21-25-8-7-20-42(24-25)31-15-13-30(14-16-31)35(36,37)38/h6,10-11,13-17,19,22-23,25,28,32H,2-5,7-9,12,18,20-21,24H2,1H3,(H,39,41)(H,40,43)/t25-,28+,32-/m1/s1. The summed E-state index contributed by atoms with van der Waals surface area (Å²) in [4.78, 5) is 19.5. The lowest BCUT2D eigenvalue weighted by Gasteiger charge is -2.39. The van der Waals surface area contributed by atoms with Gasteiger partial charge in [0.25, 0.3) is 5.91 Å². The topological polar surface area (TPSA) is 57.3 Å². The first-order valence-corrected chi connectivity index (χ1v) is 15.8. The van der Waals surface area contributed by atoms with E-state index in [-0.39, 0.29) is 5.91 Å². The zero-order valence-electron chi connectivity index (χ0n) is 25.0. The second-order valence-corrected chi connectivity index (χ2v) is 12.1. The van der Waals surface area contributed by atoms with E-state index in [2.05, 4.69) is 33.5 Å². The fourth-order valence-electron chi connectivity index (χ4n) is 6.66. The second-order valence-electron chi connectivity index (χ2n) is 12.1. The highest BCUT2D eigenvalue weighted by Crippen LogP contribution is 2.36. The normalized spacial score (nSPS) is 20.9. The van der Waals surface area contributed by atoms with Gasteiger partial charge in [-0.25, -0.2) is 4.98 Å². The number of pyridine rings is 1. The van der Waals surface area contributed by atoms with E-state index in [1.165, 1.54) is 31.4 Å².